The number of ether oxygens (including phenoxy) is 2. The third kappa shape index (κ3) is 2.66. The average Bonchev–Trinajstić information content (AvgIpc) is 2.36. The number of aromatic nitrogens is 1. The van der Waals surface area contributed by atoms with E-state index in [1.807, 2.05) is 0 Å². The number of rotatable bonds is 4. The van der Waals surface area contributed by atoms with E-state index in [-0.39, 0.29) is 6.04 Å². The fraction of sp³-hybridized carbons (Fsp3) is 0.583. The number of methoxy groups -OCH3 is 2. The Morgan fingerprint density at radius 2 is 2.00 bits per heavy atom. The minimum atomic E-state index is -4.37. The summed E-state index contributed by atoms with van der Waals surface area (Å²) in [5, 5.41) is 3.02. The Morgan fingerprint density at radius 1 is 1.32 bits per heavy atom. The van der Waals surface area contributed by atoms with Crippen LogP contribution in [0.3, 0.4) is 0 Å². The molecular formula is C12H15F3N2O2. The molecule has 2 rings (SSSR count). The third-order valence-electron chi connectivity index (χ3n) is 3.42. The molecule has 1 N–H and O–H groups in total. The van der Waals surface area contributed by atoms with Crippen LogP contribution in [0.5, 0.6) is 0 Å². The summed E-state index contributed by atoms with van der Waals surface area (Å²) < 4.78 is 47.8. The normalized spacial score (nSPS) is 21.8. The van der Waals surface area contributed by atoms with E-state index in [0.29, 0.717) is 5.82 Å². The van der Waals surface area contributed by atoms with Gasteiger partial charge in [-0.25, -0.2) is 4.98 Å². The maximum absolute atomic E-state index is 12.4. The summed E-state index contributed by atoms with van der Waals surface area (Å²) in [7, 11) is 3.08. The molecular weight excluding hydrogens is 261 g/mol. The van der Waals surface area contributed by atoms with Crippen molar-refractivity contribution in [1.29, 1.82) is 0 Å². The maximum Gasteiger partial charge on any atom is 0.417 e. The molecule has 0 unspecified atom stereocenters. The summed E-state index contributed by atoms with van der Waals surface area (Å²) in [5.74, 6) is -0.346. The van der Waals surface area contributed by atoms with Gasteiger partial charge in [-0.2, -0.15) is 13.2 Å². The van der Waals surface area contributed by atoms with E-state index in [9.17, 15) is 13.2 Å². The van der Waals surface area contributed by atoms with Gasteiger partial charge in [-0.3, -0.25) is 0 Å². The minimum absolute atomic E-state index is 0.119. The zero-order chi connectivity index (χ0) is 14.1. The number of alkyl halides is 3. The lowest BCUT2D eigenvalue weighted by Gasteiger charge is -2.47. The summed E-state index contributed by atoms with van der Waals surface area (Å²) in [6, 6.07) is 2.18. The Morgan fingerprint density at radius 3 is 2.37 bits per heavy atom. The van der Waals surface area contributed by atoms with E-state index in [1.54, 1.807) is 0 Å². The molecule has 1 aliphatic rings. The zero-order valence-electron chi connectivity index (χ0n) is 10.6. The quantitative estimate of drug-likeness (QED) is 0.859. The molecule has 0 spiro atoms. The van der Waals surface area contributed by atoms with Crippen LogP contribution in [0.25, 0.3) is 0 Å². The topological polar surface area (TPSA) is 43.4 Å². The summed E-state index contributed by atoms with van der Waals surface area (Å²) in [6.45, 7) is 0. The molecule has 1 saturated carbocycles. The monoisotopic (exact) mass is 276 g/mol. The Balaban J connectivity index is 2.05. The second-order valence-corrected chi connectivity index (χ2v) is 4.39. The van der Waals surface area contributed by atoms with Crippen molar-refractivity contribution in [3.05, 3.63) is 23.9 Å². The lowest BCUT2D eigenvalue weighted by Crippen LogP contribution is -2.58. The first-order valence-corrected chi connectivity index (χ1v) is 5.81. The van der Waals surface area contributed by atoms with Crippen LogP contribution >= 0.6 is 0 Å². The number of halogens is 3. The summed E-state index contributed by atoms with van der Waals surface area (Å²) in [5.41, 5.74) is -0.767. The Bertz CT molecular complexity index is 424. The van der Waals surface area contributed by atoms with Gasteiger partial charge in [0, 0.05) is 26.8 Å². The van der Waals surface area contributed by atoms with Gasteiger partial charge in [0.25, 0.3) is 0 Å². The first-order valence-electron chi connectivity index (χ1n) is 5.81. The summed E-state index contributed by atoms with van der Waals surface area (Å²) in [4.78, 5) is 3.76. The number of nitrogens with zero attached hydrogens (tertiary/aromatic N) is 1. The molecule has 1 aromatic heterocycles. The molecule has 0 aromatic carbocycles. The Kier molecular flexibility index (Phi) is 3.69. The van der Waals surface area contributed by atoms with Crippen LogP contribution in [0.1, 0.15) is 18.4 Å². The highest BCUT2D eigenvalue weighted by Gasteiger charge is 2.48. The van der Waals surface area contributed by atoms with Crippen molar-refractivity contribution in [3.8, 4) is 0 Å². The van der Waals surface area contributed by atoms with Crippen LogP contribution in [0.2, 0.25) is 0 Å². The maximum atomic E-state index is 12.4. The van der Waals surface area contributed by atoms with Gasteiger partial charge in [-0.05, 0) is 18.6 Å². The van der Waals surface area contributed by atoms with E-state index in [2.05, 4.69) is 10.3 Å². The molecule has 0 bridgehead atoms. The van der Waals surface area contributed by atoms with Gasteiger partial charge in [0.15, 0.2) is 5.79 Å². The second-order valence-electron chi connectivity index (χ2n) is 4.39. The van der Waals surface area contributed by atoms with E-state index in [0.717, 1.165) is 25.1 Å². The van der Waals surface area contributed by atoms with Crippen LogP contribution < -0.4 is 5.32 Å². The zero-order valence-corrected chi connectivity index (χ0v) is 10.6. The van der Waals surface area contributed by atoms with E-state index < -0.39 is 17.5 Å². The molecule has 7 heteroatoms. The minimum Gasteiger partial charge on any atom is -0.362 e. The Labute approximate surface area is 108 Å². The molecule has 1 aliphatic carbocycles. The summed E-state index contributed by atoms with van der Waals surface area (Å²) >= 11 is 0. The fourth-order valence-corrected chi connectivity index (χ4v) is 2.10. The van der Waals surface area contributed by atoms with Crippen LogP contribution in [0.4, 0.5) is 19.0 Å². The molecule has 1 aromatic rings. The fourth-order valence-electron chi connectivity index (χ4n) is 2.10. The predicted molar refractivity (Wildman–Crippen MR) is 62.6 cm³/mol. The van der Waals surface area contributed by atoms with E-state index in [4.69, 9.17) is 9.47 Å². The number of hydrogen-bond donors (Lipinski definition) is 1. The van der Waals surface area contributed by atoms with E-state index in [1.165, 1.54) is 20.3 Å². The van der Waals surface area contributed by atoms with Gasteiger partial charge < -0.3 is 14.8 Å². The van der Waals surface area contributed by atoms with Gasteiger partial charge in [-0.1, -0.05) is 0 Å². The van der Waals surface area contributed by atoms with Gasteiger partial charge >= 0.3 is 6.18 Å². The first kappa shape index (κ1) is 14.1. The van der Waals surface area contributed by atoms with Gasteiger partial charge in [0.05, 0.1) is 11.6 Å². The van der Waals surface area contributed by atoms with Gasteiger partial charge in [-0.15, -0.1) is 0 Å². The molecule has 106 valence electrons. The van der Waals surface area contributed by atoms with Gasteiger partial charge in [0.1, 0.15) is 5.82 Å². The van der Waals surface area contributed by atoms with Crippen LogP contribution in [-0.2, 0) is 15.7 Å². The van der Waals surface area contributed by atoms with Crippen LogP contribution in [0.15, 0.2) is 18.3 Å². The molecule has 0 aliphatic heterocycles. The molecule has 0 radical (unpaired) electrons. The van der Waals surface area contributed by atoms with Crippen molar-refractivity contribution >= 4 is 5.82 Å². The van der Waals surface area contributed by atoms with Crippen molar-refractivity contribution in [1.82, 2.24) is 4.98 Å². The third-order valence-corrected chi connectivity index (χ3v) is 3.42. The van der Waals surface area contributed by atoms with Crippen molar-refractivity contribution in [2.75, 3.05) is 19.5 Å². The molecule has 1 fully saturated rings. The predicted octanol–water partition coefficient (Wildman–Crippen LogP) is 2.66. The summed E-state index contributed by atoms with van der Waals surface area (Å²) in [6.07, 6.45) is -2.02. The molecule has 0 saturated heterocycles. The molecule has 0 amide bonds. The van der Waals surface area contributed by atoms with Crippen molar-refractivity contribution in [3.63, 3.8) is 0 Å². The number of pyridine rings is 1. The number of anilines is 1. The lowest BCUT2D eigenvalue weighted by atomic mass is 9.84. The molecule has 1 atom stereocenters. The molecule has 19 heavy (non-hydrogen) atoms. The molecule has 4 nitrogen and oxygen atoms in total. The first-order chi connectivity index (χ1) is 8.91. The highest BCUT2D eigenvalue weighted by molar-refractivity contribution is 5.38. The van der Waals surface area contributed by atoms with Crippen molar-refractivity contribution in [2.24, 2.45) is 0 Å². The standard InChI is InChI=1S/C12H15F3N2O2/c1-18-11(19-2)6-5-9(11)17-10-4-3-8(7-16-10)12(13,14)15/h3-4,7,9H,5-6H2,1-2H3,(H,16,17)/t9-/m0/s1. The smallest absolute Gasteiger partial charge is 0.362 e. The Hall–Kier alpha value is -1.34. The highest BCUT2D eigenvalue weighted by Crippen LogP contribution is 2.38. The van der Waals surface area contributed by atoms with Crippen LogP contribution in [-0.4, -0.2) is 31.0 Å². The highest BCUT2D eigenvalue weighted by atomic mass is 19.4. The van der Waals surface area contributed by atoms with Gasteiger partial charge in [0.2, 0.25) is 0 Å². The van der Waals surface area contributed by atoms with Crippen LogP contribution in [0, 0.1) is 0 Å². The SMILES string of the molecule is COC1(OC)CC[C@@H]1Nc1ccc(C(F)(F)F)cn1. The number of hydrogen-bond acceptors (Lipinski definition) is 4. The average molecular weight is 276 g/mol. The second kappa shape index (κ2) is 4.97. The number of nitrogens with one attached hydrogen (secondary N) is 1. The van der Waals surface area contributed by atoms with Crippen molar-refractivity contribution in [2.45, 2.75) is 30.8 Å². The largest absolute Gasteiger partial charge is 0.417 e. The van der Waals surface area contributed by atoms with Crippen molar-refractivity contribution < 1.29 is 22.6 Å². The lowest BCUT2D eigenvalue weighted by molar-refractivity contribution is -0.256. The van der Waals surface area contributed by atoms with E-state index >= 15 is 0 Å². The molecule has 1 heterocycles.